The van der Waals surface area contributed by atoms with Gasteiger partial charge in [0.15, 0.2) is 0 Å². The molecule has 0 unspecified atom stereocenters. The summed E-state index contributed by atoms with van der Waals surface area (Å²) in [5.74, 6) is 0. The maximum absolute atomic E-state index is 4.67. The molecule has 0 saturated heterocycles. The van der Waals surface area contributed by atoms with Gasteiger partial charge in [-0.1, -0.05) is 0 Å². The van der Waals surface area contributed by atoms with Crippen molar-refractivity contribution in [3.8, 4) is 0 Å². The first-order valence-corrected chi connectivity index (χ1v) is 2.41. The molecule has 0 aromatic rings. The summed E-state index contributed by atoms with van der Waals surface area (Å²) in [5, 5.41) is 0. The highest BCUT2D eigenvalue weighted by Crippen LogP contribution is 1.29. The maximum Gasteiger partial charge on any atom is 0.329 e. The Morgan fingerprint density at radius 3 is 1.25 bits per heavy atom. The normalized spacial score (nSPS) is 1.25. The van der Waals surface area contributed by atoms with Crippen LogP contribution in [0.15, 0.2) is 0 Å². The van der Waals surface area contributed by atoms with Gasteiger partial charge in [0.25, 0.3) is 0 Å². The molecule has 0 atom stereocenters. The van der Waals surface area contributed by atoms with Crippen LogP contribution >= 0.6 is 10.0 Å². The molecule has 0 rings (SSSR count). The van der Waals surface area contributed by atoms with Crippen molar-refractivity contribution < 1.29 is 5.48 Å². The molecule has 2 N–H and O–H groups in total. The van der Waals surface area contributed by atoms with Crippen molar-refractivity contribution in [2.45, 2.75) is 0 Å². The lowest BCUT2D eigenvalue weighted by atomic mass is 16.0. The number of hydrogen-bond acceptors (Lipinski definition) is 0. The fraction of sp³-hybridized carbons (Fsp3) is 0. The standard InChI is InChI=1S/Al.ClH.H2O.H4Si.H/h;1H;1H2;1H4;/q+1;;;;/p-1. The minimum atomic E-state index is 0. The van der Waals surface area contributed by atoms with Crippen molar-refractivity contribution in [1.82, 2.24) is 0 Å². The predicted octanol–water partition coefficient (Wildman–Crippen LogP) is -2.24. The molecule has 0 amide bonds. The lowest BCUT2D eigenvalue weighted by Gasteiger charge is -1.02. The molecule has 0 aliphatic rings. The highest BCUT2D eigenvalue weighted by atomic mass is 35.6. The average molecular weight is 114 g/mol. The molecule has 0 bridgehead atoms. The van der Waals surface area contributed by atoms with Gasteiger partial charge in [-0.15, -0.1) is 0 Å². The Bertz CT molecular complexity index is 8.00. The van der Waals surface area contributed by atoms with Crippen LogP contribution in [-0.2, 0) is 0 Å². The molecule has 0 fully saturated rings. The Kier molecular flexibility index (Phi) is 180. The van der Waals surface area contributed by atoms with Gasteiger partial charge in [0.05, 0.1) is 0 Å². The average Bonchev–Trinajstić information content (AvgIpc) is 1.00. The molecule has 0 aromatic carbocycles. The van der Waals surface area contributed by atoms with Crippen LogP contribution in [0, 0.1) is 0 Å². The van der Waals surface area contributed by atoms with E-state index in [0.717, 1.165) is 0 Å². The van der Waals surface area contributed by atoms with E-state index in [0.29, 0.717) is 0 Å². The van der Waals surface area contributed by atoms with Crippen molar-refractivity contribution in [2.75, 3.05) is 0 Å². The van der Waals surface area contributed by atoms with Crippen LogP contribution in [0.2, 0.25) is 0 Å². The summed E-state index contributed by atoms with van der Waals surface area (Å²) < 4.78 is 0. The molecule has 0 aliphatic heterocycles. The van der Waals surface area contributed by atoms with Crippen LogP contribution in [-0.4, -0.2) is 31.8 Å². The molecular formula is H7AlClOSi. The van der Waals surface area contributed by atoms with Gasteiger partial charge in [-0.05, 0) is 11.0 Å². The van der Waals surface area contributed by atoms with E-state index in [-0.39, 0.29) is 16.4 Å². The molecule has 0 saturated carbocycles. The summed E-state index contributed by atoms with van der Waals surface area (Å²) in [6.45, 7) is 0. The SMILES string of the molecule is O.[AlH][Cl].[SiH4]. The summed E-state index contributed by atoms with van der Waals surface area (Å²) >= 11 is 1.33. The second-order valence-electron chi connectivity index (χ2n) is 0. The Labute approximate surface area is 42.3 Å². The molecule has 0 aliphatic carbocycles. The zero-order valence-electron chi connectivity index (χ0n) is 1.59. The fourth-order valence-corrected chi connectivity index (χ4v) is 0. The minimum Gasteiger partial charge on any atom is -0.412 e. The van der Waals surface area contributed by atoms with Crippen molar-refractivity contribution in [3.63, 3.8) is 0 Å². The number of halogens is 1. The van der Waals surface area contributed by atoms with E-state index in [1.54, 1.807) is 0 Å². The van der Waals surface area contributed by atoms with Crippen molar-refractivity contribution in [1.29, 1.82) is 0 Å². The lowest BCUT2D eigenvalue weighted by molar-refractivity contribution is 0.824. The zero-order valence-corrected chi connectivity index (χ0v) is 3.76. The molecule has 0 spiro atoms. The molecular weight excluding hydrogens is 107 g/mol. The topological polar surface area (TPSA) is 31.5 Å². The molecule has 1 radical (unpaired) electrons. The third-order valence-electron chi connectivity index (χ3n) is 0. The summed E-state index contributed by atoms with van der Waals surface area (Å²) in [6, 6.07) is 0. The van der Waals surface area contributed by atoms with Crippen LogP contribution < -0.4 is 0 Å². The van der Waals surface area contributed by atoms with E-state index in [2.05, 4.69) is 10.0 Å². The van der Waals surface area contributed by atoms with E-state index < -0.39 is 0 Å². The van der Waals surface area contributed by atoms with E-state index in [9.17, 15) is 0 Å². The van der Waals surface area contributed by atoms with Gasteiger partial charge in [0.1, 0.15) is 0 Å². The first kappa shape index (κ1) is 20.0. The number of rotatable bonds is 0. The molecule has 4 heteroatoms. The zero-order chi connectivity index (χ0) is 2.00. The van der Waals surface area contributed by atoms with Gasteiger partial charge in [0.2, 0.25) is 0 Å². The third-order valence-corrected chi connectivity index (χ3v) is 0. The fourth-order valence-electron chi connectivity index (χ4n) is 0. The summed E-state index contributed by atoms with van der Waals surface area (Å²) in [4.78, 5) is 0. The highest BCUT2D eigenvalue weighted by molar-refractivity contribution is 6.80. The van der Waals surface area contributed by atoms with Gasteiger partial charge in [-0.2, -0.15) is 0 Å². The first-order chi connectivity index (χ1) is 1.00. The van der Waals surface area contributed by atoms with E-state index in [4.69, 9.17) is 0 Å². The van der Waals surface area contributed by atoms with E-state index in [1.165, 1.54) is 15.4 Å². The number of hydrogen-bond donors (Lipinski definition) is 0. The van der Waals surface area contributed by atoms with Gasteiger partial charge >= 0.3 is 15.4 Å². The Morgan fingerprint density at radius 2 is 1.25 bits per heavy atom. The van der Waals surface area contributed by atoms with Crippen molar-refractivity contribution >= 4 is 36.4 Å². The minimum absolute atomic E-state index is 0. The van der Waals surface area contributed by atoms with Crippen LogP contribution in [0.4, 0.5) is 0 Å². The molecule has 4 heavy (non-hydrogen) atoms. The summed E-state index contributed by atoms with van der Waals surface area (Å²) in [6.07, 6.45) is 0. The predicted molar refractivity (Wildman–Crippen MR) is 27.9 cm³/mol. The Morgan fingerprint density at radius 1 is 1.25 bits per heavy atom. The molecule has 0 heterocycles. The summed E-state index contributed by atoms with van der Waals surface area (Å²) in [5.41, 5.74) is 0. The third kappa shape index (κ3) is 12.0. The van der Waals surface area contributed by atoms with Crippen LogP contribution in [0.1, 0.15) is 0 Å². The van der Waals surface area contributed by atoms with E-state index >= 15 is 0 Å². The second kappa shape index (κ2) is 36.0. The highest BCUT2D eigenvalue weighted by Gasteiger charge is 1.07. The van der Waals surface area contributed by atoms with Gasteiger partial charge in [-0.25, -0.2) is 0 Å². The Hall–Kier alpha value is 0.999. The summed E-state index contributed by atoms with van der Waals surface area (Å²) in [7, 11) is 4.67. The first-order valence-electron chi connectivity index (χ1n) is 0.267. The van der Waals surface area contributed by atoms with Gasteiger partial charge in [-0.3, -0.25) is 10.0 Å². The maximum atomic E-state index is 4.67. The van der Waals surface area contributed by atoms with Gasteiger partial charge < -0.3 is 5.48 Å². The monoisotopic (exact) mass is 113 g/mol. The lowest BCUT2D eigenvalue weighted by Crippen LogP contribution is -0.980. The van der Waals surface area contributed by atoms with Crippen molar-refractivity contribution in [3.05, 3.63) is 0 Å². The second-order valence-corrected chi connectivity index (χ2v) is 0. The van der Waals surface area contributed by atoms with E-state index in [1.807, 2.05) is 0 Å². The smallest absolute Gasteiger partial charge is 0.329 e. The Balaban J connectivity index is -0.00000000500. The largest absolute Gasteiger partial charge is 0.412 e. The van der Waals surface area contributed by atoms with Crippen LogP contribution in [0.5, 0.6) is 0 Å². The molecule has 0 aromatic heterocycles. The van der Waals surface area contributed by atoms with Crippen LogP contribution in [0.25, 0.3) is 0 Å². The molecule has 1 nitrogen and oxygen atoms in total. The van der Waals surface area contributed by atoms with Crippen molar-refractivity contribution in [2.24, 2.45) is 0 Å². The molecule has 27 valence electrons. The quantitative estimate of drug-likeness (QED) is 0.319. The van der Waals surface area contributed by atoms with Gasteiger partial charge in [0, 0.05) is 0 Å². The van der Waals surface area contributed by atoms with Crippen LogP contribution in [0.3, 0.4) is 0 Å².